The van der Waals surface area contributed by atoms with Crippen LogP contribution in [-0.4, -0.2) is 28.7 Å². The summed E-state index contributed by atoms with van der Waals surface area (Å²) in [6.07, 6.45) is 0.0842. The molecular weight excluding hydrogens is 428 g/mol. The number of carbonyl (C=O) groups is 2. The Morgan fingerprint density at radius 2 is 1.79 bits per heavy atom. The van der Waals surface area contributed by atoms with Gasteiger partial charge in [-0.3, -0.25) is 9.59 Å². The maximum atomic E-state index is 13.4. The summed E-state index contributed by atoms with van der Waals surface area (Å²) in [5.74, 6) is 0.161. The fraction of sp³-hybridized carbons (Fsp3) is 0.148. The van der Waals surface area contributed by atoms with E-state index in [9.17, 15) is 9.59 Å². The third kappa shape index (κ3) is 4.03. The lowest BCUT2D eigenvalue weighted by molar-refractivity contribution is -0.123. The third-order valence-corrected chi connectivity index (χ3v) is 5.94. The smallest absolute Gasteiger partial charge is 0.233 e. The van der Waals surface area contributed by atoms with E-state index in [1.54, 1.807) is 11.8 Å². The van der Waals surface area contributed by atoms with Gasteiger partial charge in [-0.05, 0) is 42.8 Å². The van der Waals surface area contributed by atoms with Crippen molar-refractivity contribution in [2.45, 2.75) is 19.3 Å². The number of rotatable bonds is 5. The molecule has 7 nitrogen and oxygen atoms in total. The number of aryl methyl sites for hydroxylation is 1. The SMILES string of the molecule is COc1ccccc1-c1cc(NC(=O)C2CC(=O)Nc3ccccc32)n(-c2ccc(C)cc2)n1. The molecule has 0 aliphatic carbocycles. The van der Waals surface area contributed by atoms with Crippen LogP contribution in [0, 0.1) is 6.92 Å². The molecule has 1 unspecified atom stereocenters. The van der Waals surface area contributed by atoms with Gasteiger partial charge in [0.25, 0.3) is 0 Å². The van der Waals surface area contributed by atoms with Crippen molar-refractivity contribution in [3.63, 3.8) is 0 Å². The van der Waals surface area contributed by atoms with E-state index in [1.165, 1.54) is 0 Å². The molecule has 7 heteroatoms. The van der Waals surface area contributed by atoms with Crippen molar-refractivity contribution < 1.29 is 14.3 Å². The number of carbonyl (C=O) groups excluding carboxylic acids is 2. The number of amides is 2. The van der Waals surface area contributed by atoms with Gasteiger partial charge in [0.1, 0.15) is 11.6 Å². The van der Waals surface area contributed by atoms with E-state index in [-0.39, 0.29) is 18.2 Å². The maximum Gasteiger partial charge on any atom is 0.233 e. The molecule has 0 spiro atoms. The summed E-state index contributed by atoms with van der Waals surface area (Å²) in [6.45, 7) is 2.02. The van der Waals surface area contributed by atoms with Gasteiger partial charge in [-0.1, -0.05) is 48.0 Å². The van der Waals surface area contributed by atoms with Crippen LogP contribution in [0.1, 0.15) is 23.5 Å². The van der Waals surface area contributed by atoms with Crippen molar-refractivity contribution >= 4 is 23.3 Å². The van der Waals surface area contributed by atoms with Crippen molar-refractivity contribution in [2.24, 2.45) is 0 Å². The third-order valence-electron chi connectivity index (χ3n) is 5.94. The van der Waals surface area contributed by atoms with E-state index >= 15 is 0 Å². The highest BCUT2D eigenvalue weighted by Gasteiger charge is 2.31. The van der Waals surface area contributed by atoms with Gasteiger partial charge >= 0.3 is 0 Å². The summed E-state index contributed by atoms with van der Waals surface area (Å²) in [6, 6.07) is 24.7. The number of fused-ring (bicyclic) bond motifs is 1. The number of hydrogen-bond donors (Lipinski definition) is 2. The first-order valence-corrected chi connectivity index (χ1v) is 11.0. The molecular formula is C27H24N4O3. The Hall–Kier alpha value is -4.39. The largest absolute Gasteiger partial charge is 0.496 e. The minimum Gasteiger partial charge on any atom is -0.496 e. The molecule has 34 heavy (non-hydrogen) atoms. The maximum absolute atomic E-state index is 13.4. The highest BCUT2D eigenvalue weighted by molar-refractivity contribution is 6.05. The molecule has 1 aliphatic rings. The molecule has 0 radical (unpaired) electrons. The molecule has 2 N–H and O–H groups in total. The zero-order valence-corrected chi connectivity index (χ0v) is 18.9. The molecule has 170 valence electrons. The summed E-state index contributed by atoms with van der Waals surface area (Å²) in [5, 5.41) is 10.7. The summed E-state index contributed by atoms with van der Waals surface area (Å²) in [5.41, 5.74) is 4.87. The van der Waals surface area contributed by atoms with Gasteiger partial charge in [0, 0.05) is 23.7 Å². The van der Waals surface area contributed by atoms with Crippen LogP contribution >= 0.6 is 0 Å². The molecule has 2 amide bonds. The highest BCUT2D eigenvalue weighted by atomic mass is 16.5. The van der Waals surface area contributed by atoms with Gasteiger partial charge in [-0.25, -0.2) is 4.68 Å². The van der Waals surface area contributed by atoms with Gasteiger partial charge in [-0.2, -0.15) is 5.10 Å². The summed E-state index contributed by atoms with van der Waals surface area (Å²) in [7, 11) is 1.62. The van der Waals surface area contributed by atoms with Gasteiger partial charge in [0.2, 0.25) is 11.8 Å². The van der Waals surface area contributed by atoms with Crippen molar-refractivity contribution in [1.29, 1.82) is 0 Å². The normalized spacial score (nSPS) is 14.8. The molecule has 0 bridgehead atoms. The number of aromatic nitrogens is 2. The second-order valence-corrected chi connectivity index (χ2v) is 8.24. The molecule has 1 aromatic heterocycles. The molecule has 0 fully saturated rings. The average molecular weight is 453 g/mol. The predicted octanol–water partition coefficient (Wildman–Crippen LogP) is 4.92. The first-order chi connectivity index (χ1) is 16.5. The number of nitrogens with zero attached hydrogens (tertiary/aromatic N) is 2. The fourth-order valence-corrected chi connectivity index (χ4v) is 4.20. The van der Waals surface area contributed by atoms with Crippen LogP contribution in [0.5, 0.6) is 5.75 Å². The van der Waals surface area contributed by atoms with Crippen molar-refractivity contribution in [2.75, 3.05) is 17.7 Å². The molecule has 1 atom stereocenters. The average Bonchev–Trinajstić information content (AvgIpc) is 3.27. The van der Waals surface area contributed by atoms with Crippen LogP contribution in [0.15, 0.2) is 78.9 Å². The van der Waals surface area contributed by atoms with Gasteiger partial charge in [0.05, 0.1) is 24.4 Å². The zero-order valence-electron chi connectivity index (χ0n) is 18.9. The van der Waals surface area contributed by atoms with E-state index in [0.29, 0.717) is 22.9 Å². The van der Waals surface area contributed by atoms with Crippen molar-refractivity contribution in [1.82, 2.24) is 9.78 Å². The number of ether oxygens (including phenoxy) is 1. The van der Waals surface area contributed by atoms with Crippen LogP contribution in [0.25, 0.3) is 16.9 Å². The minimum absolute atomic E-state index is 0.0842. The molecule has 2 heterocycles. The highest BCUT2D eigenvalue weighted by Crippen LogP contribution is 2.35. The number of methoxy groups -OCH3 is 1. The number of hydrogen-bond acceptors (Lipinski definition) is 4. The monoisotopic (exact) mass is 452 g/mol. The molecule has 0 saturated heterocycles. The summed E-state index contributed by atoms with van der Waals surface area (Å²) >= 11 is 0. The molecule has 1 aliphatic heterocycles. The summed E-state index contributed by atoms with van der Waals surface area (Å²) in [4.78, 5) is 25.7. The second-order valence-electron chi connectivity index (χ2n) is 8.24. The number of benzene rings is 3. The Kier molecular flexibility index (Phi) is 5.59. The lowest BCUT2D eigenvalue weighted by Gasteiger charge is -2.24. The van der Waals surface area contributed by atoms with Crippen LogP contribution in [0.2, 0.25) is 0 Å². The van der Waals surface area contributed by atoms with Crippen molar-refractivity contribution in [3.8, 4) is 22.7 Å². The Labute approximate surface area is 197 Å². The topological polar surface area (TPSA) is 85.2 Å². The van der Waals surface area contributed by atoms with E-state index in [4.69, 9.17) is 9.84 Å². The molecule has 0 saturated carbocycles. The van der Waals surface area contributed by atoms with E-state index in [1.807, 2.05) is 85.8 Å². The lowest BCUT2D eigenvalue weighted by Crippen LogP contribution is -2.31. The number of anilines is 2. The van der Waals surface area contributed by atoms with Crippen molar-refractivity contribution in [3.05, 3.63) is 90.0 Å². The number of nitrogens with one attached hydrogen (secondary N) is 2. The standard InChI is InChI=1S/C27H24N4O3/c1-17-11-13-18(14-12-17)31-25(16-23(30-31)20-8-4-6-10-24(20)34-2)29-27(33)21-15-26(32)28-22-9-5-3-7-19(21)22/h3-14,16,21H,15H2,1-2H3,(H,28,32)(H,29,33). The van der Waals surface area contributed by atoms with E-state index < -0.39 is 5.92 Å². The van der Waals surface area contributed by atoms with Crippen LogP contribution in [0.4, 0.5) is 11.5 Å². The summed E-state index contributed by atoms with van der Waals surface area (Å²) < 4.78 is 7.22. The predicted molar refractivity (Wildman–Crippen MR) is 131 cm³/mol. The first-order valence-electron chi connectivity index (χ1n) is 11.0. The Morgan fingerprint density at radius 3 is 2.59 bits per heavy atom. The van der Waals surface area contributed by atoms with E-state index in [0.717, 1.165) is 22.4 Å². The molecule has 3 aromatic carbocycles. The molecule has 5 rings (SSSR count). The fourth-order valence-electron chi connectivity index (χ4n) is 4.20. The minimum atomic E-state index is -0.596. The Balaban J connectivity index is 1.55. The number of para-hydroxylation sites is 2. The Morgan fingerprint density at radius 1 is 1.06 bits per heavy atom. The quantitative estimate of drug-likeness (QED) is 0.450. The second kappa shape index (κ2) is 8.86. The lowest BCUT2D eigenvalue weighted by atomic mass is 9.90. The van der Waals surface area contributed by atoms with Crippen LogP contribution < -0.4 is 15.4 Å². The zero-order chi connectivity index (χ0) is 23.7. The molecule has 4 aromatic rings. The van der Waals surface area contributed by atoms with Gasteiger partial charge < -0.3 is 15.4 Å². The van der Waals surface area contributed by atoms with Crippen LogP contribution in [-0.2, 0) is 9.59 Å². The van der Waals surface area contributed by atoms with E-state index in [2.05, 4.69) is 10.6 Å². The van der Waals surface area contributed by atoms with Gasteiger partial charge in [-0.15, -0.1) is 0 Å². The Bertz CT molecular complexity index is 1370. The van der Waals surface area contributed by atoms with Crippen LogP contribution in [0.3, 0.4) is 0 Å². The first kappa shape index (κ1) is 21.5. The van der Waals surface area contributed by atoms with Gasteiger partial charge in [0.15, 0.2) is 0 Å².